The number of amides is 3. The summed E-state index contributed by atoms with van der Waals surface area (Å²) in [4.78, 5) is 41.3. The number of carbonyl (C=O) groups is 3. The molecule has 0 spiro atoms. The van der Waals surface area contributed by atoms with Crippen LogP contribution in [0.1, 0.15) is 26.7 Å². The van der Waals surface area contributed by atoms with Crippen molar-refractivity contribution in [2.24, 2.45) is 0 Å². The highest BCUT2D eigenvalue weighted by molar-refractivity contribution is 8.00. The predicted octanol–water partition coefficient (Wildman–Crippen LogP) is 8.90. The molecular weight excluding hydrogens is 709 g/mol. The van der Waals surface area contributed by atoms with E-state index in [0.717, 1.165) is 10.5 Å². The van der Waals surface area contributed by atoms with E-state index in [1.165, 1.54) is 39.2 Å². The molecule has 0 aliphatic heterocycles. The molecule has 5 aromatic rings. The van der Waals surface area contributed by atoms with Crippen LogP contribution in [-0.4, -0.2) is 39.1 Å². The summed E-state index contributed by atoms with van der Waals surface area (Å²) in [5, 5.41) is 8.42. The lowest BCUT2D eigenvalue weighted by Gasteiger charge is -2.18. The molecule has 51 heavy (non-hydrogen) atoms. The number of rotatable bonds is 13. The maximum absolute atomic E-state index is 13.8. The number of hydrogen-bond acceptors (Lipinski definition) is 7. The first kappa shape index (κ1) is 36.9. The molecule has 260 valence electrons. The molecule has 1 atom stereocenters. The summed E-state index contributed by atoms with van der Waals surface area (Å²) in [6.45, 7) is 0. The van der Waals surface area contributed by atoms with Crippen LogP contribution in [0.2, 0.25) is 10.0 Å². The fourth-order valence-corrected chi connectivity index (χ4v) is 6.29. The molecule has 12 heteroatoms. The molecule has 0 fully saturated rings. The molecule has 0 bridgehead atoms. The Labute approximate surface area is 309 Å². The van der Waals surface area contributed by atoms with Crippen molar-refractivity contribution in [1.82, 2.24) is 5.32 Å². The fraction of sp³-hybridized carbons (Fsp3) is 0.103. The molecule has 9 nitrogen and oxygen atoms in total. The number of ether oxygens (including phenoxy) is 3. The number of methoxy groups -OCH3 is 3. The smallest absolute Gasteiger partial charge is 0.272 e. The molecule has 3 N–H and O–H groups in total. The standard InChI is InChI=1S/C39H33Cl2N3O6S/c1-48-32-23-34(50-3)33(49-2)22-26(32)21-31(44-37(45)25-13-8-5-9-14-25)38(46)42-27-17-19-28(20-18-27)51-36(24-11-6-4-7-12-24)39(47)43-30-16-10-15-29(40)35(30)41/h4-23,36H,1-3H3,(H,42,46)(H,43,47)(H,44,45)/b31-21-. The maximum atomic E-state index is 13.8. The van der Waals surface area contributed by atoms with Gasteiger partial charge in [0.25, 0.3) is 11.8 Å². The van der Waals surface area contributed by atoms with E-state index in [1.54, 1.807) is 84.9 Å². The normalized spacial score (nSPS) is 11.6. The zero-order chi connectivity index (χ0) is 36.3. The molecule has 0 saturated carbocycles. The van der Waals surface area contributed by atoms with Crippen LogP contribution < -0.4 is 30.2 Å². The Morgan fingerprint density at radius 1 is 0.706 bits per heavy atom. The van der Waals surface area contributed by atoms with E-state index < -0.39 is 17.1 Å². The Balaban J connectivity index is 1.39. The van der Waals surface area contributed by atoms with Gasteiger partial charge in [-0.3, -0.25) is 14.4 Å². The van der Waals surface area contributed by atoms with Gasteiger partial charge in [-0.15, -0.1) is 11.8 Å². The zero-order valence-corrected chi connectivity index (χ0v) is 30.1. The number of carbonyl (C=O) groups excluding carboxylic acids is 3. The highest BCUT2D eigenvalue weighted by Crippen LogP contribution is 2.39. The van der Waals surface area contributed by atoms with Crippen LogP contribution in [0.5, 0.6) is 17.2 Å². The monoisotopic (exact) mass is 741 g/mol. The van der Waals surface area contributed by atoms with Crippen molar-refractivity contribution < 1.29 is 28.6 Å². The first-order valence-corrected chi connectivity index (χ1v) is 17.1. The lowest BCUT2D eigenvalue weighted by Crippen LogP contribution is -2.30. The zero-order valence-electron chi connectivity index (χ0n) is 27.7. The van der Waals surface area contributed by atoms with Gasteiger partial charge in [0.15, 0.2) is 11.5 Å². The Morgan fingerprint density at radius 2 is 1.33 bits per heavy atom. The molecular formula is C39H33Cl2N3O6S. The van der Waals surface area contributed by atoms with E-state index in [1.807, 2.05) is 30.3 Å². The molecule has 5 aromatic carbocycles. The van der Waals surface area contributed by atoms with Crippen molar-refractivity contribution in [3.05, 3.63) is 148 Å². The van der Waals surface area contributed by atoms with E-state index >= 15 is 0 Å². The summed E-state index contributed by atoms with van der Waals surface area (Å²) in [6, 6.07) is 33.2. The molecule has 3 amide bonds. The van der Waals surface area contributed by atoms with Gasteiger partial charge in [0.1, 0.15) is 16.7 Å². The van der Waals surface area contributed by atoms with Crippen LogP contribution in [0.3, 0.4) is 0 Å². The third-order valence-corrected chi connectivity index (χ3v) is 9.57. The van der Waals surface area contributed by atoms with Gasteiger partial charge in [-0.25, -0.2) is 0 Å². The van der Waals surface area contributed by atoms with Gasteiger partial charge in [-0.1, -0.05) is 77.8 Å². The first-order chi connectivity index (χ1) is 24.7. The maximum Gasteiger partial charge on any atom is 0.272 e. The Bertz CT molecular complexity index is 2040. The average molecular weight is 743 g/mol. The van der Waals surface area contributed by atoms with Gasteiger partial charge in [-0.2, -0.15) is 0 Å². The van der Waals surface area contributed by atoms with E-state index in [-0.39, 0.29) is 16.6 Å². The van der Waals surface area contributed by atoms with E-state index in [0.29, 0.717) is 44.8 Å². The van der Waals surface area contributed by atoms with Crippen molar-refractivity contribution in [2.75, 3.05) is 32.0 Å². The number of halogens is 2. The first-order valence-electron chi connectivity index (χ1n) is 15.5. The van der Waals surface area contributed by atoms with Gasteiger partial charge in [0.2, 0.25) is 5.91 Å². The summed E-state index contributed by atoms with van der Waals surface area (Å²) in [5.74, 6) is -0.122. The molecule has 0 aliphatic carbocycles. The minimum atomic E-state index is -0.638. The van der Waals surface area contributed by atoms with Gasteiger partial charge >= 0.3 is 0 Å². The van der Waals surface area contributed by atoms with Gasteiger partial charge < -0.3 is 30.2 Å². The predicted molar refractivity (Wildman–Crippen MR) is 203 cm³/mol. The molecule has 0 radical (unpaired) electrons. The summed E-state index contributed by atoms with van der Waals surface area (Å²) < 4.78 is 16.4. The quantitative estimate of drug-likeness (QED) is 0.0816. The van der Waals surface area contributed by atoms with E-state index in [4.69, 9.17) is 37.4 Å². The summed E-state index contributed by atoms with van der Waals surface area (Å²) in [7, 11) is 4.48. The highest BCUT2D eigenvalue weighted by Gasteiger charge is 2.24. The van der Waals surface area contributed by atoms with Crippen LogP contribution in [0, 0.1) is 0 Å². The van der Waals surface area contributed by atoms with Crippen molar-refractivity contribution >= 4 is 70.1 Å². The molecule has 0 heterocycles. The second-order valence-electron chi connectivity index (χ2n) is 10.8. The lowest BCUT2D eigenvalue weighted by molar-refractivity contribution is -0.116. The topological polar surface area (TPSA) is 115 Å². The summed E-state index contributed by atoms with van der Waals surface area (Å²) in [5.41, 5.74) is 2.42. The van der Waals surface area contributed by atoms with Crippen LogP contribution in [0.4, 0.5) is 11.4 Å². The van der Waals surface area contributed by atoms with Crippen LogP contribution in [0.15, 0.2) is 126 Å². The second kappa shape index (κ2) is 17.5. The summed E-state index contributed by atoms with van der Waals surface area (Å²) in [6.07, 6.45) is 1.50. The van der Waals surface area contributed by atoms with Gasteiger partial charge in [0, 0.05) is 27.8 Å². The Hall–Kier alpha value is -5.42. The second-order valence-corrected chi connectivity index (χ2v) is 12.8. The third kappa shape index (κ3) is 9.43. The minimum Gasteiger partial charge on any atom is -0.496 e. The van der Waals surface area contributed by atoms with Crippen molar-refractivity contribution in [1.29, 1.82) is 0 Å². The van der Waals surface area contributed by atoms with E-state index in [2.05, 4.69) is 16.0 Å². The highest BCUT2D eigenvalue weighted by atomic mass is 35.5. The fourth-order valence-electron chi connectivity index (χ4n) is 4.91. The average Bonchev–Trinajstić information content (AvgIpc) is 3.16. The van der Waals surface area contributed by atoms with Crippen molar-refractivity contribution in [3.63, 3.8) is 0 Å². The SMILES string of the molecule is COc1cc(OC)c(OC)cc1/C=C(\NC(=O)c1ccccc1)C(=O)Nc1ccc(SC(C(=O)Nc2cccc(Cl)c2Cl)c2ccccc2)cc1. The Morgan fingerprint density at radius 3 is 1.98 bits per heavy atom. The molecule has 0 aliphatic rings. The molecule has 5 rings (SSSR count). The molecule has 0 saturated heterocycles. The van der Waals surface area contributed by atoms with Gasteiger partial charge in [0.05, 0.1) is 37.1 Å². The number of benzene rings is 5. The summed E-state index contributed by atoms with van der Waals surface area (Å²) >= 11 is 13.8. The molecule has 0 aromatic heterocycles. The Kier molecular flexibility index (Phi) is 12.6. The minimum absolute atomic E-state index is 0.0479. The number of hydrogen-bond donors (Lipinski definition) is 3. The largest absolute Gasteiger partial charge is 0.496 e. The van der Waals surface area contributed by atoms with Crippen LogP contribution in [-0.2, 0) is 9.59 Å². The molecule has 1 unspecified atom stereocenters. The third-order valence-electron chi connectivity index (χ3n) is 7.48. The van der Waals surface area contributed by atoms with Crippen molar-refractivity contribution in [3.8, 4) is 17.2 Å². The number of anilines is 2. The van der Waals surface area contributed by atoms with Crippen molar-refractivity contribution in [2.45, 2.75) is 10.1 Å². The van der Waals surface area contributed by atoms with E-state index in [9.17, 15) is 14.4 Å². The number of nitrogens with one attached hydrogen (secondary N) is 3. The van der Waals surface area contributed by atoms with Crippen LogP contribution in [0.25, 0.3) is 6.08 Å². The van der Waals surface area contributed by atoms with Gasteiger partial charge in [-0.05, 0) is 66.2 Å². The van der Waals surface area contributed by atoms with Crippen LogP contribution >= 0.6 is 35.0 Å². The lowest BCUT2D eigenvalue weighted by atomic mass is 10.1. The number of thioether (sulfide) groups is 1.